The summed E-state index contributed by atoms with van der Waals surface area (Å²) in [5.74, 6) is -0.176. The van der Waals surface area contributed by atoms with Crippen molar-refractivity contribution < 1.29 is 19.4 Å². The van der Waals surface area contributed by atoms with Crippen molar-refractivity contribution in [1.29, 1.82) is 0 Å². The Kier molecular flexibility index (Phi) is 5.70. The quantitative estimate of drug-likeness (QED) is 0.657. The molecular formula is C25H25NO4. The van der Waals surface area contributed by atoms with Crippen LogP contribution >= 0.6 is 0 Å². The number of carboxylic acids is 1. The molecule has 0 heterocycles. The summed E-state index contributed by atoms with van der Waals surface area (Å²) in [6.07, 6.45) is 6.09. The Morgan fingerprint density at radius 3 is 2.47 bits per heavy atom. The Morgan fingerprint density at radius 1 is 1.07 bits per heavy atom. The zero-order valence-electron chi connectivity index (χ0n) is 16.9. The molecule has 2 unspecified atom stereocenters. The molecule has 2 atom stereocenters. The van der Waals surface area contributed by atoms with Crippen molar-refractivity contribution in [3.05, 3.63) is 88.6 Å². The van der Waals surface area contributed by atoms with Gasteiger partial charge in [-0.2, -0.15) is 0 Å². The molecule has 2 aromatic carbocycles. The van der Waals surface area contributed by atoms with Gasteiger partial charge in [0.1, 0.15) is 5.75 Å². The van der Waals surface area contributed by atoms with E-state index in [1.807, 2.05) is 36.4 Å². The molecule has 2 aliphatic carbocycles. The molecule has 2 aromatic rings. The number of nitrogens with one attached hydrogen (secondary N) is 1. The minimum Gasteiger partial charge on any atom is -0.497 e. The summed E-state index contributed by atoms with van der Waals surface area (Å²) < 4.78 is 5.17. The van der Waals surface area contributed by atoms with E-state index in [0.29, 0.717) is 28.1 Å². The maximum Gasteiger partial charge on any atom is 0.330 e. The standard InChI is InChI=1S/C25H25NO4/c1-30-19-13-11-16(12-14-19)23(25(28)29)26-21-15-18-9-5-6-10-20(18)22(21)24(27)17-7-3-2-4-8-17/h2-4,7-8,11-15,18,23,26H,5-6,9-10H2,1H3,(H,28,29). The fourth-order valence-electron chi connectivity index (χ4n) is 4.35. The van der Waals surface area contributed by atoms with Gasteiger partial charge in [0.15, 0.2) is 11.8 Å². The number of carbonyl (C=O) groups excluding carboxylic acids is 1. The molecule has 0 radical (unpaired) electrons. The number of Topliss-reactive ketones (excluding diaryl/α,β-unsaturated/α-hetero) is 1. The third-order valence-corrected chi connectivity index (χ3v) is 5.88. The van der Waals surface area contributed by atoms with Crippen molar-refractivity contribution in [3.63, 3.8) is 0 Å². The fourth-order valence-corrected chi connectivity index (χ4v) is 4.35. The summed E-state index contributed by atoms with van der Waals surface area (Å²) in [6.45, 7) is 0. The van der Waals surface area contributed by atoms with E-state index in [2.05, 4.69) is 5.32 Å². The van der Waals surface area contributed by atoms with Crippen LogP contribution in [-0.2, 0) is 4.79 Å². The van der Waals surface area contributed by atoms with Gasteiger partial charge in [0.2, 0.25) is 0 Å². The smallest absolute Gasteiger partial charge is 0.330 e. The average Bonchev–Trinajstić information content (AvgIpc) is 3.15. The lowest BCUT2D eigenvalue weighted by atomic mass is 9.84. The second-order valence-electron chi connectivity index (χ2n) is 7.72. The maximum absolute atomic E-state index is 13.4. The van der Waals surface area contributed by atoms with Gasteiger partial charge in [0.25, 0.3) is 0 Å². The summed E-state index contributed by atoms with van der Waals surface area (Å²) in [6, 6.07) is 15.2. The molecule has 2 N–H and O–H groups in total. The van der Waals surface area contributed by atoms with Crippen LogP contribution in [0.3, 0.4) is 0 Å². The molecule has 2 aliphatic rings. The van der Waals surface area contributed by atoms with Crippen LogP contribution in [0.15, 0.2) is 77.5 Å². The first kappa shape index (κ1) is 20.0. The lowest BCUT2D eigenvalue weighted by Gasteiger charge is -2.21. The van der Waals surface area contributed by atoms with Gasteiger partial charge in [-0.3, -0.25) is 4.79 Å². The highest BCUT2D eigenvalue weighted by molar-refractivity contribution is 6.12. The number of benzene rings is 2. The number of carboxylic acid groups (broad SMARTS) is 1. The van der Waals surface area contributed by atoms with Crippen LogP contribution in [0.25, 0.3) is 0 Å². The topological polar surface area (TPSA) is 75.6 Å². The molecule has 5 heteroatoms. The van der Waals surface area contributed by atoms with Gasteiger partial charge in [-0.15, -0.1) is 0 Å². The monoisotopic (exact) mass is 403 g/mol. The van der Waals surface area contributed by atoms with Gasteiger partial charge in [-0.25, -0.2) is 4.79 Å². The zero-order valence-corrected chi connectivity index (χ0v) is 16.9. The highest BCUT2D eigenvalue weighted by Crippen LogP contribution is 2.41. The molecule has 30 heavy (non-hydrogen) atoms. The normalized spacial score (nSPS) is 19.0. The van der Waals surface area contributed by atoms with E-state index < -0.39 is 12.0 Å². The first-order chi connectivity index (χ1) is 14.6. The summed E-state index contributed by atoms with van der Waals surface area (Å²) in [5, 5.41) is 13.1. The minimum atomic E-state index is -0.993. The summed E-state index contributed by atoms with van der Waals surface area (Å²) in [5.41, 5.74) is 3.64. The number of ether oxygens (including phenoxy) is 1. The van der Waals surface area contributed by atoms with Gasteiger partial charge in [0.05, 0.1) is 7.11 Å². The molecule has 0 aromatic heterocycles. The lowest BCUT2D eigenvalue weighted by molar-refractivity contribution is -0.139. The van der Waals surface area contributed by atoms with Gasteiger partial charge in [-0.05, 0) is 42.5 Å². The number of rotatable bonds is 7. The number of hydrogen-bond acceptors (Lipinski definition) is 4. The molecule has 0 bridgehead atoms. The van der Waals surface area contributed by atoms with Gasteiger partial charge >= 0.3 is 5.97 Å². The van der Waals surface area contributed by atoms with E-state index in [0.717, 1.165) is 31.3 Å². The molecule has 0 amide bonds. The fraction of sp³-hybridized carbons (Fsp3) is 0.280. The first-order valence-corrected chi connectivity index (χ1v) is 10.3. The number of ketones is 1. The van der Waals surface area contributed by atoms with Crippen LogP contribution in [0.1, 0.15) is 47.6 Å². The highest BCUT2D eigenvalue weighted by atomic mass is 16.5. The van der Waals surface area contributed by atoms with Crippen molar-refractivity contribution >= 4 is 11.8 Å². The van der Waals surface area contributed by atoms with Crippen molar-refractivity contribution in [3.8, 4) is 5.75 Å². The van der Waals surface area contributed by atoms with Crippen molar-refractivity contribution in [2.75, 3.05) is 7.11 Å². The second kappa shape index (κ2) is 8.57. The van der Waals surface area contributed by atoms with E-state index in [4.69, 9.17) is 4.74 Å². The minimum absolute atomic E-state index is 0.0485. The highest BCUT2D eigenvalue weighted by Gasteiger charge is 2.34. The van der Waals surface area contributed by atoms with E-state index in [1.165, 1.54) is 0 Å². The Bertz CT molecular complexity index is 1010. The Morgan fingerprint density at radius 2 is 1.80 bits per heavy atom. The Balaban J connectivity index is 1.69. The van der Waals surface area contributed by atoms with E-state index in [9.17, 15) is 14.7 Å². The second-order valence-corrected chi connectivity index (χ2v) is 7.72. The molecule has 0 spiro atoms. The molecule has 4 rings (SSSR count). The van der Waals surface area contributed by atoms with Crippen LogP contribution in [0, 0.1) is 5.92 Å². The third kappa shape index (κ3) is 3.88. The van der Waals surface area contributed by atoms with Crippen LogP contribution < -0.4 is 10.1 Å². The Hall–Kier alpha value is -3.34. The van der Waals surface area contributed by atoms with Crippen molar-refractivity contribution in [2.45, 2.75) is 31.7 Å². The SMILES string of the molecule is COc1ccc(C(NC2=CC3CCCCC3=C2C(=O)c2ccccc2)C(=O)O)cc1. The molecular weight excluding hydrogens is 378 g/mol. The Labute approximate surface area is 176 Å². The molecule has 1 saturated carbocycles. The number of aliphatic carboxylic acids is 1. The maximum atomic E-state index is 13.4. The number of methoxy groups -OCH3 is 1. The van der Waals surface area contributed by atoms with E-state index >= 15 is 0 Å². The van der Waals surface area contributed by atoms with E-state index in [1.54, 1.807) is 31.4 Å². The predicted octanol–water partition coefficient (Wildman–Crippen LogP) is 4.68. The number of allylic oxidation sites excluding steroid dienone is 3. The predicted molar refractivity (Wildman–Crippen MR) is 114 cm³/mol. The largest absolute Gasteiger partial charge is 0.497 e. The first-order valence-electron chi connectivity index (χ1n) is 10.3. The third-order valence-electron chi connectivity index (χ3n) is 5.88. The number of hydrogen-bond donors (Lipinski definition) is 2. The van der Waals surface area contributed by atoms with Crippen molar-refractivity contribution in [2.24, 2.45) is 5.92 Å². The molecule has 0 saturated heterocycles. The summed E-state index contributed by atoms with van der Waals surface area (Å²) >= 11 is 0. The summed E-state index contributed by atoms with van der Waals surface area (Å²) in [7, 11) is 1.57. The molecule has 5 nitrogen and oxygen atoms in total. The van der Waals surface area contributed by atoms with Gasteiger partial charge < -0.3 is 15.2 Å². The van der Waals surface area contributed by atoms with E-state index in [-0.39, 0.29) is 11.7 Å². The van der Waals surface area contributed by atoms with Crippen LogP contribution in [0.2, 0.25) is 0 Å². The van der Waals surface area contributed by atoms with Gasteiger partial charge in [-0.1, -0.05) is 55.0 Å². The molecule has 0 aliphatic heterocycles. The van der Waals surface area contributed by atoms with Crippen LogP contribution in [0.5, 0.6) is 5.75 Å². The van der Waals surface area contributed by atoms with Crippen LogP contribution in [0.4, 0.5) is 0 Å². The number of carbonyl (C=O) groups is 2. The average molecular weight is 403 g/mol. The number of fused-ring (bicyclic) bond motifs is 1. The summed E-state index contributed by atoms with van der Waals surface area (Å²) in [4.78, 5) is 25.5. The van der Waals surface area contributed by atoms with Gasteiger partial charge in [0, 0.05) is 22.8 Å². The lowest BCUT2D eigenvalue weighted by Crippen LogP contribution is -2.29. The van der Waals surface area contributed by atoms with Crippen molar-refractivity contribution in [1.82, 2.24) is 5.32 Å². The van der Waals surface area contributed by atoms with Crippen LogP contribution in [-0.4, -0.2) is 24.0 Å². The molecule has 1 fully saturated rings. The zero-order chi connectivity index (χ0) is 21.1. The molecule has 154 valence electrons.